The van der Waals surface area contributed by atoms with E-state index in [-0.39, 0.29) is 30.3 Å². The van der Waals surface area contributed by atoms with Crippen LogP contribution in [0.5, 0.6) is 5.75 Å². The lowest BCUT2D eigenvalue weighted by Crippen LogP contribution is -2.35. The predicted octanol–water partition coefficient (Wildman–Crippen LogP) is 3.55. The number of hydrogen-bond acceptors (Lipinski definition) is 5. The maximum atomic E-state index is 13.0. The van der Waals surface area contributed by atoms with Crippen molar-refractivity contribution in [2.45, 2.75) is 25.3 Å². The number of para-hydroxylation sites is 2. The number of carbonyl (C=O) groups excluding carboxylic acids is 2. The van der Waals surface area contributed by atoms with E-state index in [1.165, 1.54) is 0 Å². The molecule has 1 saturated heterocycles. The van der Waals surface area contributed by atoms with Gasteiger partial charge in [-0.3, -0.25) is 14.5 Å². The predicted molar refractivity (Wildman–Crippen MR) is 114 cm³/mol. The summed E-state index contributed by atoms with van der Waals surface area (Å²) in [7, 11) is 2.11. The van der Waals surface area contributed by atoms with Crippen LogP contribution >= 0.6 is 0 Å². The third kappa shape index (κ3) is 3.57. The molecule has 0 unspecified atom stereocenters. The first-order valence-corrected chi connectivity index (χ1v) is 10.3. The quantitative estimate of drug-likeness (QED) is 0.650. The van der Waals surface area contributed by atoms with Gasteiger partial charge < -0.3 is 15.0 Å². The van der Waals surface area contributed by atoms with Crippen LogP contribution in [0.1, 0.15) is 41.5 Å². The van der Waals surface area contributed by atoms with Gasteiger partial charge >= 0.3 is 0 Å². The minimum absolute atomic E-state index is 0.0130. The van der Waals surface area contributed by atoms with Gasteiger partial charge in [-0.15, -0.1) is 0 Å². The van der Waals surface area contributed by atoms with E-state index >= 15 is 0 Å². The summed E-state index contributed by atoms with van der Waals surface area (Å²) >= 11 is 0. The number of fused-ring (bicyclic) bond motifs is 2. The number of anilines is 1. The summed E-state index contributed by atoms with van der Waals surface area (Å²) in [4.78, 5) is 35.0. The Kier molecular flexibility index (Phi) is 4.75. The van der Waals surface area contributed by atoms with Crippen LogP contribution in [-0.2, 0) is 4.79 Å². The van der Waals surface area contributed by atoms with Gasteiger partial charge in [0, 0.05) is 12.0 Å². The Hall–Kier alpha value is -3.19. The molecule has 0 aliphatic carbocycles. The third-order valence-corrected chi connectivity index (χ3v) is 6.11. The van der Waals surface area contributed by atoms with Crippen LogP contribution in [0.25, 0.3) is 11.0 Å². The van der Waals surface area contributed by atoms with Crippen LogP contribution in [0.4, 0.5) is 5.69 Å². The number of amides is 1. The van der Waals surface area contributed by atoms with Gasteiger partial charge in [-0.05, 0) is 62.7 Å². The van der Waals surface area contributed by atoms with Gasteiger partial charge in [0.25, 0.3) is 5.91 Å². The molecule has 1 fully saturated rings. The lowest BCUT2D eigenvalue weighted by Gasteiger charge is -2.35. The summed E-state index contributed by atoms with van der Waals surface area (Å²) in [5, 5.41) is 2.77. The summed E-state index contributed by atoms with van der Waals surface area (Å²) in [6.07, 6.45) is 2.34. The van der Waals surface area contributed by atoms with E-state index in [1.54, 1.807) is 18.2 Å². The van der Waals surface area contributed by atoms with Gasteiger partial charge in [-0.25, -0.2) is 4.98 Å². The maximum absolute atomic E-state index is 13.0. The number of aromatic amines is 1. The maximum Gasteiger partial charge on any atom is 0.262 e. The first-order chi connectivity index (χ1) is 14.6. The molecule has 3 aromatic rings. The van der Waals surface area contributed by atoms with Crippen LogP contribution in [0, 0.1) is 5.92 Å². The Morgan fingerprint density at radius 3 is 3.00 bits per heavy atom. The van der Waals surface area contributed by atoms with Crippen LogP contribution in [-0.4, -0.2) is 46.8 Å². The van der Waals surface area contributed by atoms with E-state index in [1.807, 2.05) is 24.3 Å². The molecular formula is C23H24N4O3. The normalized spacial score (nSPS) is 21.7. The largest absolute Gasteiger partial charge is 0.482 e. The van der Waals surface area contributed by atoms with E-state index in [2.05, 4.69) is 22.2 Å². The van der Waals surface area contributed by atoms with Crippen molar-refractivity contribution >= 4 is 28.4 Å². The van der Waals surface area contributed by atoms with E-state index in [4.69, 9.17) is 9.72 Å². The Morgan fingerprint density at radius 2 is 2.13 bits per heavy atom. The van der Waals surface area contributed by atoms with Crippen molar-refractivity contribution in [1.82, 2.24) is 14.9 Å². The standard InChI is InChI=1S/C23H24N4O3/c1-27-9-8-14(10-19(27)23-25-16-4-2-3-5-17(16)26-23)11-20(28)15-6-7-21-18(12-15)24-22(29)13-30-21/h2-7,12,14,19H,8-11,13H2,1H3,(H,24,29)(H,25,26)/t14-,19-/m1/s1. The molecule has 2 aromatic carbocycles. The number of benzene rings is 2. The summed E-state index contributed by atoms with van der Waals surface area (Å²) < 4.78 is 5.38. The molecule has 5 rings (SSSR count). The van der Waals surface area contributed by atoms with Crippen LogP contribution in [0.3, 0.4) is 0 Å². The minimum Gasteiger partial charge on any atom is -0.482 e. The zero-order valence-electron chi connectivity index (χ0n) is 16.9. The number of piperidine rings is 1. The number of hydrogen-bond donors (Lipinski definition) is 2. The molecule has 0 saturated carbocycles. The highest BCUT2D eigenvalue weighted by atomic mass is 16.5. The van der Waals surface area contributed by atoms with Gasteiger partial charge in [0.05, 0.1) is 22.8 Å². The highest BCUT2D eigenvalue weighted by Gasteiger charge is 2.31. The molecule has 2 aliphatic heterocycles. The topological polar surface area (TPSA) is 87.3 Å². The molecule has 2 N–H and O–H groups in total. The van der Waals surface area contributed by atoms with Crippen LogP contribution in [0.2, 0.25) is 0 Å². The number of nitrogens with zero attached hydrogens (tertiary/aromatic N) is 2. The second-order valence-corrected chi connectivity index (χ2v) is 8.20. The molecule has 1 amide bonds. The molecular weight excluding hydrogens is 380 g/mol. The number of rotatable bonds is 4. The highest BCUT2D eigenvalue weighted by Crippen LogP contribution is 2.35. The average Bonchev–Trinajstić information content (AvgIpc) is 3.18. The molecule has 2 aliphatic rings. The fourth-order valence-corrected chi connectivity index (χ4v) is 4.43. The number of ketones is 1. The van der Waals surface area contributed by atoms with Gasteiger partial charge in [-0.2, -0.15) is 0 Å². The van der Waals surface area contributed by atoms with Crippen molar-refractivity contribution < 1.29 is 14.3 Å². The monoisotopic (exact) mass is 404 g/mol. The first-order valence-electron chi connectivity index (χ1n) is 10.3. The number of aromatic nitrogens is 2. The first kappa shape index (κ1) is 18.8. The van der Waals surface area contributed by atoms with E-state index in [0.717, 1.165) is 36.2 Å². The lowest BCUT2D eigenvalue weighted by molar-refractivity contribution is -0.118. The molecule has 7 heteroatoms. The molecule has 7 nitrogen and oxygen atoms in total. The van der Waals surface area contributed by atoms with Gasteiger partial charge in [0.2, 0.25) is 0 Å². The Balaban J connectivity index is 1.31. The zero-order valence-corrected chi connectivity index (χ0v) is 16.9. The summed E-state index contributed by atoms with van der Waals surface area (Å²) in [6.45, 7) is 0.937. The molecule has 154 valence electrons. The molecule has 0 bridgehead atoms. The second-order valence-electron chi connectivity index (χ2n) is 8.20. The minimum atomic E-state index is -0.198. The highest BCUT2D eigenvalue weighted by molar-refractivity contribution is 6.00. The number of imidazole rings is 1. The zero-order chi connectivity index (χ0) is 20.7. The van der Waals surface area contributed by atoms with Crippen molar-refractivity contribution in [2.24, 2.45) is 5.92 Å². The smallest absolute Gasteiger partial charge is 0.262 e. The summed E-state index contributed by atoms with van der Waals surface area (Å²) in [6, 6.07) is 13.5. The molecule has 0 radical (unpaired) electrons. The van der Waals surface area contributed by atoms with E-state index < -0.39 is 0 Å². The molecule has 0 spiro atoms. The number of Topliss-reactive ketones (excluding diaryl/α,β-unsaturated/α-hetero) is 1. The fraction of sp³-hybridized carbons (Fsp3) is 0.348. The molecule has 3 heterocycles. The number of likely N-dealkylation sites (tertiary alicyclic amines) is 1. The second kappa shape index (κ2) is 7.57. The van der Waals surface area contributed by atoms with Gasteiger partial charge in [-0.1, -0.05) is 12.1 Å². The third-order valence-electron chi connectivity index (χ3n) is 6.11. The number of carbonyl (C=O) groups is 2. The molecule has 30 heavy (non-hydrogen) atoms. The van der Waals surface area contributed by atoms with Crippen molar-refractivity contribution in [2.75, 3.05) is 25.5 Å². The molecule has 1 aromatic heterocycles. The van der Waals surface area contributed by atoms with Crippen LogP contribution in [0.15, 0.2) is 42.5 Å². The SMILES string of the molecule is CN1CC[C@@H](CC(=O)c2ccc3c(c2)NC(=O)CO3)C[C@@H]1c1nc2ccccc2[nH]1. The number of H-pyrrole nitrogens is 1. The van der Waals surface area contributed by atoms with E-state index in [9.17, 15) is 9.59 Å². The fourth-order valence-electron chi connectivity index (χ4n) is 4.43. The van der Waals surface area contributed by atoms with E-state index in [0.29, 0.717) is 23.4 Å². The van der Waals surface area contributed by atoms with Gasteiger partial charge in [0.1, 0.15) is 11.6 Å². The van der Waals surface area contributed by atoms with Gasteiger partial charge in [0.15, 0.2) is 12.4 Å². The Labute approximate surface area is 174 Å². The van der Waals surface area contributed by atoms with Crippen molar-refractivity contribution in [3.8, 4) is 5.75 Å². The number of nitrogens with one attached hydrogen (secondary N) is 2. The lowest BCUT2D eigenvalue weighted by atomic mass is 9.85. The molecule has 2 atom stereocenters. The summed E-state index contributed by atoms with van der Waals surface area (Å²) in [5.74, 6) is 1.75. The number of ether oxygens (including phenoxy) is 1. The Bertz CT molecular complexity index is 1090. The summed E-state index contributed by atoms with van der Waals surface area (Å²) in [5.41, 5.74) is 3.19. The average molecular weight is 404 g/mol. The van der Waals surface area contributed by atoms with Crippen LogP contribution < -0.4 is 10.1 Å². The van der Waals surface area contributed by atoms with Crippen molar-refractivity contribution in [3.05, 3.63) is 53.9 Å². The van der Waals surface area contributed by atoms with Crippen molar-refractivity contribution in [1.29, 1.82) is 0 Å². The van der Waals surface area contributed by atoms with Crippen molar-refractivity contribution in [3.63, 3.8) is 0 Å². The Morgan fingerprint density at radius 1 is 1.27 bits per heavy atom.